The average Bonchev–Trinajstić information content (AvgIpc) is 2.38. The molecule has 0 atom stereocenters. The Balaban J connectivity index is 2.11. The van der Waals surface area contributed by atoms with E-state index in [1.165, 1.54) is 5.56 Å². The minimum absolute atomic E-state index is 0.177. The first-order valence-electron chi connectivity index (χ1n) is 6.26. The number of anilines is 1. The molecular formula is C14H21NO3. The van der Waals surface area contributed by atoms with Crippen LogP contribution in [0, 0.1) is 6.92 Å². The van der Waals surface area contributed by atoms with Crippen LogP contribution >= 0.6 is 0 Å². The van der Waals surface area contributed by atoms with Crippen molar-refractivity contribution in [1.82, 2.24) is 0 Å². The van der Waals surface area contributed by atoms with Crippen molar-refractivity contribution in [2.45, 2.75) is 20.3 Å². The van der Waals surface area contributed by atoms with Gasteiger partial charge in [0, 0.05) is 12.3 Å². The summed E-state index contributed by atoms with van der Waals surface area (Å²) in [5, 5.41) is 3.01. The minimum Gasteiger partial charge on any atom is -0.462 e. The van der Waals surface area contributed by atoms with Crippen molar-refractivity contribution in [3.8, 4) is 0 Å². The summed E-state index contributed by atoms with van der Waals surface area (Å²) in [5.74, 6) is -0.268. The number of esters is 1. The van der Waals surface area contributed by atoms with Crippen molar-refractivity contribution in [2.75, 3.05) is 31.7 Å². The van der Waals surface area contributed by atoms with E-state index in [1.807, 2.05) is 38.1 Å². The lowest BCUT2D eigenvalue weighted by molar-refractivity contribution is -0.143. The number of benzene rings is 1. The second-order valence-corrected chi connectivity index (χ2v) is 4.05. The smallest absolute Gasteiger partial charge is 0.325 e. The highest BCUT2D eigenvalue weighted by molar-refractivity contribution is 5.74. The molecule has 18 heavy (non-hydrogen) atoms. The Hall–Kier alpha value is -1.55. The molecule has 4 nitrogen and oxygen atoms in total. The Morgan fingerprint density at radius 2 is 1.89 bits per heavy atom. The summed E-state index contributed by atoms with van der Waals surface area (Å²) in [7, 11) is 0. The number of ether oxygens (including phenoxy) is 2. The summed E-state index contributed by atoms with van der Waals surface area (Å²) in [5.41, 5.74) is 2.11. The van der Waals surface area contributed by atoms with E-state index in [4.69, 9.17) is 9.47 Å². The van der Waals surface area contributed by atoms with Crippen LogP contribution in [0.1, 0.15) is 18.9 Å². The van der Waals surface area contributed by atoms with Crippen molar-refractivity contribution in [3.63, 3.8) is 0 Å². The lowest BCUT2D eigenvalue weighted by atomic mass is 10.2. The summed E-state index contributed by atoms with van der Waals surface area (Å²) in [4.78, 5) is 11.4. The molecule has 0 bridgehead atoms. The van der Waals surface area contributed by atoms with Crippen LogP contribution in [0.15, 0.2) is 24.3 Å². The molecule has 1 N–H and O–H groups in total. The molecule has 0 fully saturated rings. The van der Waals surface area contributed by atoms with E-state index in [0.29, 0.717) is 19.8 Å². The topological polar surface area (TPSA) is 47.6 Å². The van der Waals surface area contributed by atoms with E-state index in [0.717, 1.165) is 12.1 Å². The van der Waals surface area contributed by atoms with Crippen LogP contribution in [-0.2, 0) is 14.3 Å². The summed E-state index contributed by atoms with van der Waals surface area (Å²) in [6.07, 6.45) is 0.975. The van der Waals surface area contributed by atoms with Gasteiger partial charge in [-0.2, -0.15) is 0 Å². The Labute approximate surface area is 108 Å². The van der Waals surface area contributed by atoms with E-state index in [-0.39, 0.29) is 12.5 Å². The fraction of sp³-hybridized carbons (Fsp3) is 0.500. The molecule has 0 amide bonds. The maximum absolute atomic E-state index is 11.4. The van der Waals surface area contributed by atoms with Crippen LogP contribution < -0.4 is 5.32 Å². The SMILES string of the molecule is CCCOCCOC(=O)CNc1ccc(C)cc1. The van der Waals surface area contributed by atoms with Crippen LogP contribution in [0.25, 0.3) is 0 Å². The third-order valence-corrected chi connectivity index (χ3v) is 2.33. The van der Waals surface area contributed by atoms with Crippen LogP contribution in [0.2, 0.25) is 0 Å². The highest BCUT2D eigenvalue weighted by Crippen LogP contribution is 2.07. The van der Waals surface area contributed by atoms with Gasteiger partial charge in [0.2, 0.25) is 0 Å². The van der Waals surface area contributed by atoms with Gasteiger partial charge in [-0.1, -0.05) is 24.6 Å². The summed E-state index contributed by atoms with van der Waals surface area (Å²) >= 11 is 0. The number of carbonyl (C=O) groups is 1. The quantitative estimate of drug-likeness (QED) is 0.569. The van der Waals surface area contributed by atoms with E-state index in [9.17, 15) is 4.79 Å². The third-order valence-electron chi connectivity index (χ3n) is 2.33. The van der Waals surface area contributed by atoms with E-state index < -0.39 is 0 Å². The predicted molar refractivity (Wildman–Crippen MR) is 71.7 cm³/mol. The fourth-order valence-corrected chi connectivity index (χ4v) is 1.36. The highest BCUT2D eigenvalue weighted by Gasteiger charge is 2.02. The number of hydrogen-bond acceptors (Lipinski definition) is 4. The second-order valence-electron chi connectivity index (χ2n) is 4.05. The van der Waals surface area contributed by atoms with Gasteiger partial charge < -0.3 is 14.8 Å². The zero-order valence-corrected chi connectivity index (χ0v) is 11.1. The normalized spacial score (nSPS) is 10.1. The number of aryl methyl sites for hydroxylation is 1. The van der Waals surface area contributed by atoms with Crippen LogP contribution in [0.3, 0.4) is 0 Å². The molecule has 0 unspecified atom stereocenters. The van der Waals surface area contributed by atoms with E-state index >= 15 is 0 Å². The Morgan fingerprint density at radius 3 is 2.56 bits per heavy atom. The molecule has 1 rings (SSSR count). The molecule has 0 heterocycles. The first kappa shape index (κ1) is 14.5. The van der Waals surface area contributed by atoms with Gasteiger partial charge in [0.1, 0.15) is 13.2 Å². The van der Waals surface area contributed by atoms with Gasteiger partial charge in [-0.15, -0.1) is 0 Å². The van der Waals surface area contributed by atoms with Crippen molar-refractivity contribution in [3.05, 3.63) is 29.8 Å². The first-order chi connectivity index (χ1) is 8.72. The molecule has 0 aliphatic rings. The molecule has 0 spiro atoms. The van der Waals surface area contributed by atoms with E-state index in [2.05, 4.69) is 5.32 Å². The Bertz CT molecular complexity index is 349. The van der Waals surface area contributed by atoms with E-state index in [1.54, 1.807) is 0 Å². The molecule has 0 aliphatic carbocycles. The Kier molecular flexibility index (Phi) is 6.87. The fourth-order valence-electron chi connectivity index (χ4n) is 1.36. The summed E-state index contributed by atoms with van der Waals surface area (Å²) in [6, 6.07) is 7.86. The van der Waals surface area contributed by atoms with Crippen molar-refractivity contribution in [2.24, 2.45) is 0 Å². The molecular weight excluding hydrogens is 230 g/mol. The van der Waals surface area contributed by atoms with Crippen molar-refractivity contribution >= 4 is 11.7 Å². The monoisotopic (exact) mass is 251 g/mol. The lowest BCUT2D eigenvalue weighted by Gasteiger charge is -2.07. The first-order valence-corrected chi connectivity index (χ1v) is 6.26. The van der Waals surface area contributed by atoms with Gasteiger partial charge >= 0.3 is 5.97 Å². The lowest BCUT2D eigenvalue weighted by Crippen LogP contribution is -2.19. The molecule has 0 aromatic heterocycles. The molecule has 4 heteroatoms. The van der Waals surface area contributed by atoms with Gasteiger partial charge in [-0.25, -0.2) is 0 Å². The molecule has 0 aliphatic heterocycles. The highest BCUT2D eigenvalue weighted by atomic mass is 16.6. The van der Waals surface area contributed by atoms with Crippen LogP contribution in [-0.4, -0.2) is 32.3 Å². The van der Waals surface area contributed by atoms with Crippen molar-refractivity contribution < 1.29 is 14.3 Å². The predicted octanol–water partition coefficient (Wildman–Crippen LogP) is 2.38. The van der Waals surface area contributed by atoms with Crippen LogP contribution in [0.5, 0.6) is 0 Å². The van der Waals surface area contributed by atoms with Gasteiger partial charge in [-0.05, 0) is 25.5 Å². The maximum atomic E-state index is 11.4. The number of hydrogen-bond donors (Lipinski definition) is 1. The number of nitrogens with one attached hydrogen (secondary N) is 1. The maximum Gasteiger partial charge on any atom is 0.325 e. The summed E-state index contributed by atoms with van der Waals surface area (Å²) < 4.78 is 10.2. The third kappa shape index (κ3) is 6.25. The zero-order valence-electron chi connectivity index (χ0n) is 11.1. The molecule has 0 saturated heterocycles. The zero-order chi connectivity index (χ0) is 13.2. The molecule has 1 aromatic rings. The summed E-state index contributed by atoms with van der Waals surface area (Å²) in [6.45, 7) is 5.72. The largest absolute Gasteiger partial charge is 0.462 e. The van der Waals surface area contributed by atoms with Gasteiger partial charge in [0.15, 0.2) is 0 Å². The van der Waals surface area contributed by atoms with Gasteiger partial charge in [0.05, 0.1) is 6.61 Å². The standard InChI is InChI=1S/C14H21NO3/c1-3-8-17-9-10-18-14(16)11-15-13-6-4-12(2)5-7-13/h4-7,15H,3,8-11H2,1-2H3. The van der Waals surface area contributed by atoms with Gasteiger partial charge in [-0.3, -0.25) is 4.79 Å². The molecule has 0 saturated carbocycles. The number of carbonyl (C=O) groups excluding carboxylic acids is 1. The number of rotatable bonds is 8. The van der Waals surface area contributed by atoms with Gasteiger partial charge in [0.25, 0.3) is 0 Å². The average molecular weight is 251 g/mol. The molecule has 0 radical (unpaired) electrons. The second kappa shape index (κ2) is 8.53. The molecule has 100 valence electrons. The Morgan fingerprint density at radius 1 is 1.17 bits per heavy atom. The van der Waals surface area contributed by atoms with Crippen LogP contribution in [0.4, 0.5) is 5.69 Å². The minimum atomic E-state index is -0.268. The van der Waals surface area contributed by atoms with Crippen molar-refractivity contribution in [1.29, 1.82) is 0 Å². The molecule has 1 aromatic carbocycles.